The van der Waals surface area contributed by atoms with E-state index in [-0.39, 0.29) is 12.5 Å². The molecule has 0 aromatic rings. The van der Waals surface area contributed by atoms with Gasteiger partial charge in [0.25, 0.3) is 0 Å². The molecule has 1 aliphatic rings. The van der Waals surface area contributed by atoms with E-state index in [4.69, 9.17) is 9.84 Å². The van der Waals surface area contributed by atoms with E-state index in [1.165, 1.54) is 11.0 Å². The smallest absolute Gasteiger partial charge is 0.410 e. The fourth-order valence-corrected chi connectivity index (χ4v) is 2.19. The largest absolute Gasteiger partial charge is 0.480 e. The van der Waals surface area contributed by atoms with Gasteiger partial charge < -0.3 is 9.84 Å². The van der Waals surface area contributed by atoms with Gasteiger partial charge in [-0.1, -0.05) is 26.0 Å². The second-order valence-corrected chi connectivity index (χ2v) is 4.26. The Morgan fingerprint density at radius 3 is 2.82 bits per heavy atom. The van der Waals surface area contributed by atoms with Crippen LogP contribution in [0.4, 0.5) is 4.79 Å². The summed E-state index contributed by atoms with van der Waals surface area (Å²) >= 11 is 0. The van der Waals surface area contributed by atoms with Crippen molar-refractivity contribution in [2.45, 2.75) is 32.2 Å². The first-order chi connectivity index (χ1) is 8.10. The second-order valence-electron chi connectivity index (χ2n) is 4.26. The van der Waals surface area contributed by atoms with Crippen LogP contribution in [0.25, 0.3) is 0 Å². The molecule has 0 aliphatic carbocycles. The van der Waals surface area contributed by atoms with Crippen LogP contribution in [-0.4, -0.2) is 41.3 Å². The van der Waals surface area contributed by atoms with Gasteiger partial charge in [0.2, 0.25) is 0 Å². The van der Waals surface area contributed by atoms with Crippen LogP contribution >= 0.6 is 0 Å². The molecule has 5 heteroatoms. The first-order valence-electron chi connectivity index (χ1n) is 5.87. The highest BCUT2D eigenvalue weighted by Gasteiger charge is 2.39. The lowest BCUT2D eigenvalue weighted by atomic mass is 10.0. The van der Waals surface area contributed by atoms with Gasteiger partial charge in [-0.15, -0.1) is 0 Å². The van der Waals surface area contributed by atoms with Crippen molar-refractivity contribution >= 4 is 12.1 Å². The highest BCUT2D eigenvalue weighted by atomic mass is 16.6. The summed E-state index contributed by atoms with van der Waals surface area (Å²) < 4.78 is 4.89. The summed E-state index contributed by atoms with van der Waals surface area (Å²) in [6.07, 6.45) is 3.36. The molecule has 2 atom stereocenters. The molecule has 0 aromatic heterocycles. The minimum absolute atomic E-state index is 0.111. The molecule has 1 amide bonds. The molecule has 1 rings (SSSR count). The zero-order valence-corrected chi connectivity index (χ0v) is 10.1. The highest BCUT2D eigenvalue weighted by Crippen LogP contribution is 2.27. The number of rotatable bonds is 5. The molecular formula is C12H19NO4. The van der Waals surface area contributed by atoms with Crippen LogP contribution in [0.5, 0.6) is 0 Å². The van der Waals surface area contributed by atoms with Gasteiger partial charge in [0.1, 0.15) is 12.6 Å². The summed E-state index contributed by atoms with van der Waals surface area (Å²) in [5.74, 6) is -0.698. The maximum Gasteiger partial charge on any atom is 0.410 e. The van der Waals surface area contributed by atoms with Crippen LogP contribution in [0, 0.1) is 5.92 Å². The van der Waals surface area contributed by atoms with Crippen LogP contribution in [0.15, 0.2) is 12.7 Å². The van der Waals surface area contributed by atoms with E-state index < -0.39 is 18.1 Å². The van der Waals surface area contributed by atoms with Gasteiger partial charge in [-0.25, -0.2) is 9.59 Å². The molecule has 0 radical (unpaired) electrons. The zero-order chi connectivity index (χ0) is 12.8. The molecule has 1 fully saturated rings. The topological polar surface area (TPSA) is 66.8 Å². The zero-order valence-electron chi connectivity index (χ0n) is 10.1. The summed E-state index contributed by atoms with van der Waals surface area (Å²) in [4.78, 5) is 24.0. The summed E-state index contributed by atoms with van der Waals surface area (Å²) in [5.41, 5.74) is 0. The Morgan fingerprint density at radius 1 is 1.59 bits per heavy atom. The van der Waals surface area contributed by atoms with Crippen molar-refractivity contribution < 1.29 is 19.4 Å². The third kappa shape index (κ3) is 3.47. The molecule has 1 aliphatic heterocycles. The molecule has 96 valence electrons. The van der Waals surface area contributed by atoms with E-state index in [2.05, 4.69) is 13.5 Å². The van der Waals surface area contributed by atoms with Crippen LogP contribution < -0.4 is 0 Å². The van der Waals surface area contributed by atoms with Crippen molar-refractivity contribution in [3.63, 3.8) is 0 Å². The first kappa shape index (κ1) is 13.5. The van der Waals surface area contributed by atoms with Gasteiger partial charge in [0.15, 0.2) is 0 Å². The van der Waals surface area contributed by atoms with Crippen LogP contribution in [0.3, 0.4) is 0 Å². The van der Waals surface area contributed by atoms with Gasteiger partial charge in [-0.05, 0) is 18.8 Å². The third-order valence-corrected chi connectivity index (χ3v) is 2.93. The van der Waals surface area contributed by atoms with Gasteiger partial charge in [-0.3, -0.25) is 4.90 Å². The summed E-state index contributed by atoms with van der Waals surface area (Å²) in [5, 5.41) is 9.07. The molecule has 17 heavy (non-hydrogen) atoms. The minimum Gasteiger partial charge on any atom is -0.480 e. The molecule has 0 bridgehead atoms. The maximum absolute atomic E-state index is 11.7. The Hall–Kier alpha value is -1.52. The summed E-state index contributed by atoms with van der Waals surface area (Å²) in [7, 11) is 0. The molecule has 2 unspecified atom stereocenters. The monoisotopic (exact) mass is 241 g/mol. The lowest BCUT2D eigenvalue weighted by molar-refractivity contribution is -0.141. The average Bonchev–Trinajstić information content (AvgIpc) is 2.70. The molecular weight excluding hydrogens is 222 g/mol. The van der Waals surface area contributed by atoms with E-state index in [1.54, 1.807) is 0 Å². The number of likely N-dealkylation sites (tertiary alicyclic amines) is 1. The standard InChI is InChI=1S/C12H19NO4/c1-3-5-9-7-10(11(14)15)13(8-9)12(16)17-6-4-2/h4,9-10H,2-3,5-8H2,1H3,(H,14,15). The molecule has 0 aromatic carbocycles. The van der Waals surface area contributed by atoms with E-state index in [0.717, 1.165) is 12.8 Å². The van der Waals surface area contributed by atoms with Crippen molar-refractivity contribution in [2.75, 3.05) is 13.2 Å². The van der Waals surface area contributed by atoms with Crippen LogP contribution in [0.1, 0.15) is 26.2 Å². The Labute approximate surface area is 101 Å². The van der Waals surface area contributed by atoms with Crippen molar-refractivity contribution in [3.8, 4) is 0 Å². The molecule has 1 N–H and O–H groups in total. The average molecular weight is 241 g/mol. The number of aliphatic carboxylic acids is 1. The van der Waals surface area contributed by atoms with Gasteiger partial charge >= 0.3 is 12.1 Å². The lowest BCUT2D eigenvalue weighted by Crippen LogP contribution is -2.40. The van der Waals surface area contributed by atoms with E-state index in [9.17, 15) is 9.59 Å². The van der Waals surface area contributed by atoms with E-state index in [0.29, 0.717) is 13.0 Å². The minimum atomic E-state index is -0.959. The summed E-state index contributed by atoms with van der Waals surface area (Å²) in [6, 6.07) is -0.746. The van der Waals surface area contributed by atoms with Crippen LogP contribution in [-0.2, 0) is 9.53 Å². The first-order valence-corrected chi connectivity index (χ1v) is 5.87. The fraction of sp³-hybridized carbons (Fsp3) is 0.667. The predicted molar refractivity (Wildman–Crippen MR) is 62.7 cm³/mol. The van der Waals surface area contributed by atoms with Crippen molar-refractivity contribution in [1.82, 2.24) is 4.90 Å². The number of hydrogen-bond acceptors (Lipinski definition) is 3. The normalized spacial score (nSPS) is 23.5. The lowest BCUT2D eigenvalue weighted by Gasteiger charge is -2.20. The molecule has 5 nitrogen and oxygen atoms in total. The van der Waals surface area contributed by atoms with Gasteiger partial charge in [0.05, 0.1) is 0 Å². The SMILES string of the molecule is C=CCOC(=O)N1CC(CCC)CC1C(=O)O. The Kier molecular flexibility index (Phi) is 5.00. The number of amides is 1. The number of carbonyl (C=O) groups excluding carboxylic acids is 1. The molecule has 0 spiro atoms. The number of nitrogens with zero attached hydrogens (tertiary/aromatic N) is 1. The molecule has 1 saturated heterocycles. The summed E-state index contributed by atoms with van der Waals surface area (Å²) in [6.45, 7) is 6.08. The van der Waals surface area contributed by atoms with E-state index in [1.807, 2.05) is 0 Å². The molecule has 1 heterocycles. The Bertz CT molecular complexity index is 303. The van der Waals surface area contributed by atoms with Crippen molar-refractivity contribution in [3.05, 3.63) is 12.7 Å². The Balaban J connectivity index is 2.63. The van der Waals surface area contributed by atoms with Crippen LogP contribution in [0.2, 0.25) is 0 Å². The highest BCUT2D eigenvalue weighted by molar-refractivity contribution is 5.80. The van der Waals surface area contributed by atoms with Crippen molar-refractivity contribution in [1.29, 1.82) is 0 Å². The number of carboxylic acid groups (broad SMARTS) is 1. The Morgan fingerprint density at radius 2 is 2.29 bits per heavy atom. The van der Waals surface area contributed by atoms with Gasteiger partial charge in [-0.2, -0.15) is 0 Å². The number of ether oxygens (including phenoxy) is 1. The third-order valence-electron chi connectivity index (χ3n) is 2.93. The van der Waals surface area contributed by atoms with E-state index >= 15 is 0 Å². The maximum atomic E-state index is 11.7. The number of carboxylic acids is 1. The number of carbonyl (C=O) groups is 2. The fourth-order valence-electron chi connectivity index (χ4n) is 2.19. The second kappa shape index (κ2) is 6.27. The van der Waals surface area contributed by atoms with Crippen molar-refractivity contribution in [2.24, 2.45) is 5.92 Å². The van der Waals surface area contributed by atoms with Gasteiger partial charge in [0, 0.05) is 6.54 Å². The quantitative estimate of drug-likeness (QED) is 0.746. The number of hydrogen-bond donors (Lipinski definition) is 1. The predicted octanol–water partition coefficient (Wildman–Crippen LogP) is 1.88. The molecule has 0 saturated carbocycles.